The highest BCUT2D eigenvalue weighted by molar-refractivity contribution is 14.0. The molecule has 29 heavy (non-hydrogen) atoms. The Morgan fingerprint density at radius 2 is 1.93 bits per heavy atom. The van der Waals surface area contributed by atoms with Crippen LogP contribution in [0.4, 0.5) is 0 Å². The Balaban J connectivity index is 0.00000420. The van der Waals surface area contributed by atoms with E-state index >= 15 is 0 Å². The first kappa shape index (κ1) is 26.2. The van der Waals surface area contributed by atoms with Gasteiger partial charge < -0.3 is 20.1 Å². The molecule has 2 rings (SSSR count). The Labute approximate surface area is 194 Å². The van der Waals surface area contributed by atoms with Crippen LogP contribution in [0.15, 0.2) is 29.3 Å². The van der Waals surface area contributed by atoms with Crippen molar-refractivity contribution in [3.63, 3.8) is 0 Å². The standard InChI is InChI=1S/C23H39N3O2.HI/c1-18(9-12-23(2,3)4)26-22(24-5)25-16-19-7-6-8-20(15-19)17-28-21-10-13-27-14-11-21;/h6-8,15,18,21H,9-14,16-17H2,1-5H3,(H2,24,25,26);1H. The molecule has 1 unspecified atom stereocenters. The van der Waals surface area contributed by atoms with Crippen LogP contribution in [0, 0.1) is 5.41 Å². The van der Waals surface area contributed by atoms with Crippen LogP contribution < -0.4 is 10.6 Å². The second-order valence-electron chi connectivity index (χ2n) is 9.01. The maximum Gasteiger partial charge on any atom is 0.191 e. The molecule has 1 aliphatic rings. The lowest BCUT2D eigenvalue weighted by molar-refractivity contribution is -0.0390. The average molecular weight is 517 g/mol. The highest BCUT2D eigenvalue weighted by atomic mass is 127. The van der Waals surface area contributed by atoms with Gasteiger partial charge in [0.25, 0.3) is 0 Å². The van der Waals surface area contributed by atoms with Gasteiger partial charge in [-0.25, -0.2) is 0 Å². The molecule has 0 saturated carbocycles. The van der Waals surface area contributed by atoms with Crippen LogP contribution >= 0.6 is 24.0 Å². The summed E-state index contributed by atoms with van der Waals surface area (Å²) in [6, 6.07) is 8.97. The van der Waals surface area contributed by atoms with Crippen LogP contribution in [0.5, 0.6) is 0 Å². The van der Waals surface area contributed by atoms with Gasteiger partial charge in [-0.05, 0) is 49.1 Å². The quantitative estimate of drug-likeness (QED) is 0.293. The molecular weight excluding hydrogens is 477 g/mol. The summed E-state index contributed by atoms with van der Waals surface area (Å²) in [6.07, 6.45) is 4.64. The number of guanidine groups is 1. The van der Waals surface area contributed by atoms with Gasteiger partial charge in [-0.3, -0.25) is 4.99 Å². The smallest absolute Gasteiger partial charge is 0.191 e. The predicted octanol–water partition coefficient (Wildman–Crippen LogP) is 4.88. The van der Waals surface area contributed by atoms with E-state index in [1.165, 1.54) is 17.5 Å². The first-order chi connectivity index (χ1) is 13.4. The lowest BCUT2D eigenvalue weighted by atomic mass is 9.89. The zero-order chi connectivity index (χ0) is 20.4. The molecule has 0 amide bonds. The molecule has 1 heterocycles. The second kappa shape index (κ2) is 13.4. The SMILES string of the molecule is CN=C(NCc1cccc(COC2CCOCC2)c1)NC(C)CCC(C)(C)C.I. The number of ether oxygens (including phenoxy) is 2. The third-order valence-electron chi connectivity index (χ3n) is 5.04. The van der Waals surface area contributed by atoms with E-state index in [1.54, 1.807) is 0 Å². The molecule has 1 aromatic rings. The third-order valence-corrected chi connectivity index (χ3v) is 5.04. The van der Waals surface area contributed by atoms with E-state index < -0.39 is 0 Å². The van der Waals surface area contributed by atoms with Crippen molar-refractivity contribution in [3.05, 3.63) is 35.4 Å². The molecule has 1 fully saturated rings. The number of nitrogens with zero attached hydrogens (tertiary/aromatic N) is 1. The van der Waals surface area contributed by atoms with Crippen molar-refractivity contribution in [2.45, 2.75) is 78.7 Å². The van der Waals surface area contributed by atoms with E-state index in [0.717, 1.165) is 45.0 Å². The molecule has 1 atom stereocenters. The minimum Gasteiger partial charge on any atom is -0.381 e. The fourth-order valence-corrected chi connectivity index (χ4v) is 3.22. The molecule has 0 spiro atoms. The summed E-state index contributed by atoms with van der Waals surface area (Å²) in [5.74, 6) is 0.852. The van der Waals surface area contributed by atoms with E-state index in [2.05, 4.69) is 67.6 Å². The molecule has 0 aliphatic carbocycles. The number of benzene rings is 1. The van der Waals surface area contributed by atoms with Crippen molar-refractivity contribution >= 4 is 29.9 Å². The molecule has 6 heteroatoms. The molecule has 0 radical (unpaired) electrons. The Morgan fingerprint density at radius 1 is 1.24 bits per heavy atom. The van der Waals surface area contributed by atoms with Crippen molar-refractivity contribution in [1.82, 2.24) is 10.6 Å². The fraction of sp³-hybridized carbons (Fsp3) is 0.696. The number of hydrogen-bond acceptors (Lipinski definition) is 3. The molecule has 5 nitrogen and oxygen atoms in total. The van der Waals surface area contributed by atoms with Gasteiger partial charge in [0.15, 0.2) is 5.96 Å². The monoisotopic (exact) mass is 517 g/mol. The van der Waals surface area contributed by atoms with Crippen LogP contribution in [0.1, 0.15) is 64.5 Å². The second-order valence-corrected chi connectivity index (χ2v) is 9.01. The van der Waals surface area contributed by atoms with Crippen molar-refractivity contribution in [1.29, 1.82) is 0 Å². The molecule has 166 valence electrons. The van der Waals surface area contributed by atoms with Crippen molar-refractivity contribution in [2.24, 2.45) is 10.4 Å². The average Bonchev–Trinajstić information content (AvgIpc) is 2.68. The molecule has 0 aromatic heterocycles. The topological polar surface area (TPSA) is 54.9 Å². The lowest BCUT2D eigenvalue weighted by Gasteiger charge is -2.23. The van der Waals surface area contributed by atoms with Crippen molar-refractivity contribution < 1.29 is 9.47 Å². The number of rotatable bonds is 8. The summed E-state index contributed by atoms with van der Waals surface area (Å²) in [4.78, 5) is 4.37. The van der Waals surface area contributed by atoms with Crippen LogP contribution in [0.2, 0.25) is 0 Å². The van der Waals surface area contributed by atoms with Crippen LogP contribution in [-0.4, -0.2) is 38.4 Å². The van der Waals surface area contributed by atoms with E-state index in [1.807, 2.05) is 7.05 Å². The number of nitrogens with one attached hydrogen (secondary N) is 2. The molecule has 1 aromatic carbocycles. The summed E-state index contributed by atoms with van der Waals surface area (Å²) >= 11 is 0. The molecule has 2 N–H and O–H groups in total. The number of hydrogen-bond donors (Lipinski definition) is 2. The summed E-state index contributed by atoms with van der Waals surface area (Å²) in [6.45, 7) is 12.1. The van der Waals surface area contributed by atoms with Gasteiger partial charge in [-0.1, -0.05) is 45.0 Å². The predicted molar refractivity (Wildman–Crippen MR) is 132 cm³/mol. The minimum atomic E-state index is 0. The maximum absolute atomic E-state index is 6.04. The van der Waals surface area contributed by atoms with E-state index in [9.17, 15) is 0 Å². The van der Waals surface area contributed by atoms with Crippen LogP contribution in [0.25, 0.3) is 0 Å². The Morgan fingerprint density at radius 3 is 2.59 bits per heavy atom. The Kier molecular flexibility index (Phi) is 12.1. The summed E-state index contributed by atoms with van der Waals surface area (Å²) in [7, 11) is 1.82. The van der Waals surface area contributed by atoms with Crippen molar-refractivity contribution in [2.75, 3.05) is 20.3 Å². The highest BCUT2D eigenvalue weighted by Gasteiger charge is 2.15. The van der Waals surface area contributed by atoms with Gasteiger partial charge in [0.1, 0.15) is 0 Å². The van der Waals surface area contributed by atoms with Gasteiger partial charge in [0.2, 0.25) is 0 Å². The zero-order valence-corrected chi connectivity index (χ0v) is 21.1. The van der Waals surface area contributed by atoms with E-state index in [4.69, 9.17) is 9.47 Å². The zero-order valence-electron chi connectivity index (χ0n) is 18.8. The molecular formula is C23H40IN3O2. The van der Waals surface area contributed by atoms with Gasteiger partial charge in [-0.15, -0.1) is 24.0 Å². The maximum atomic E-state index is 6.04. The first-order valence-electron chi connectivity index (χ1n) is 10.6. The fourth-order valence-electron chi connectivity index (χ4n) is 3.22. The molecule has 1 aliphatic heterocycles. The van der Waals surface area contributed by atoms with Crippen LogP contribution in [-0.2, 0) is 22.6 Å². The van der Waals surface area contributed by atoms with E-state index in [0.29, 0.717) is 24.2 Å². The lowest BCUT2D eigenvalue weighted by Crippen LogP contribution is -2.42. The van der Waals surface area contributed by atoms with Crippen LogP contribution in [0.3, 0.4) is 0 Å². The Bertz CT molecular complexity index is 610. The number of halogens is 1. The molecule has 1 saturated heterocycles. The normalized spacial score (nSPS) is 16.8. The van der Waals surface area contributed by atoms with Gasteiger partial charge in [0, 0.05) is 32.8 Å². The third kappa shape index (κ3) is 11.2. The summed E-state index contributed by atoms with van der Waals surface area (Å²) < 4.78 is 11.4. The highest BCUT2D eigenvalue weighted by Crippen LogP contribution is 2.21. The Hall–Kier alpha value is -0.860. The largest absolute Gasteiger partial charge is 0.381 e. The minimum absolute atomic E-state index is 0. The van der Waals surface area contributed by atoms with Gasteiger partial charge in [-0.2, -0.15) is 0 Å². The van der Waals surface area contributed by atoms with E-state index in [-0.39, 0.29) is 24.0 Å². The van der Waals surface area contributed by atoms with Gasteiger partial charge in [0.05, 0.1) is 12.7 Å². The van der Waals surface area contributed by atoms with Gasteiger partial charge >= 0.3 is 0 Å². The number of aliphatic imine (C=N–C) groups is 1. The molecule has 0 bridgehead atoms. The summed E-state index contributed by atoms with van der Waals surface area (Å²) in [5, 5.41) is 6.92. The van der Waals surface area contributed by atoms with Crippen molar-refractivity contribution in [3.8, 4) is 0 Å². The first-order valence-corrected chi connectivity index (χ1v) is 10.6. The summed E-state index contributed by atoms with van der Waals surface area (Å²) in [5.41, 5.74) is 2.81.